The molecule has 0 aliphatic rings. The van der Waals surface area contributed by atoms with Gasteiger partial charge < -0.3 is 4.74 Å². The lowest BCUT2D eigenvalue weighted by Gasteiger charge is -2.10. The molecule has 0 fully saturated rings. The summed E-state index contributed by atoms with van der Waals surface area (Å²) in [6.45, 7) is 8.83. The highest BCUT2D eigenvalue weighted by molar-refractivity contribution is 5.83. The molecule has 0 radical (unpaired) electrons. The number of hydrogen-bond acceptors (Lipinski definition) is 2. The van der Waals surface area contributed by atoms with Gasteiger partial charge in [0.1, 0.15) is 0 Å². The SMILES string of the molecule is COC(=O)C=C(C)C=CCCC(C)CCCCC(C)C. The molecular weight excluding hydrogens is 248 g/mol. The Labute approximate surface area is 125 Å². The normalized spacial score (nSPS) is 14.0. The van der Waals surface area contributed by atoms with Crippen LogP contribution >= 0.6 is 0 Å². The zero-order chi connectivity index (χ0) is 15.4. The van der Waals surface area contributed by atoms with Crippen LogP contribution in [0, 0.1) is 11.8 Å². The molecule has 0 bridgehead atoms. The molecule has 0 saturated heterocycles. The number of allylic oxidation sites excluding steroid dienone is 3. The number of esters is 1. The maximum atomic E-state index is 11.0. The minimum Gasteiger partial charge on any atom is -0.466 e. The van der Waals surface area contributed by atoms with Crippen molar-refractivity contribution in [2.24, 2.45) is 11.8 Å². The third kappa shape index (κ3) is 12.0. The van der Waals surface area contributed by atoms with Gasteiger partial charge in [0.15, 0.2) is 0 Å². The van der Waals surface area contributed by atoms with E-state index in [9.17, 15) is 4.79 Å². The fourth-order valence-electron chi connectivity index (χ4n) is 2.13. The van der Waals surface area contributed by atoms with Crippen molar-refractivity contribution in [3.05, 3.63) is 23.8 Å². The summed E-state index contributed by atoms with van der Waals surface area (Å²) in [5.74, 6) is 1.33. The Kier molecular flexibility index (Phi) is 11.1. The third-order valence-corrected chi connectivity index (χ3v) is 3.48. The fraction of sp³-hybridized carbons (Fsp3) is 0.722. The summed E-state index contributed by atoms with van der Waals surface area (Å²) in [7, 11) is 1.40. The first-order chi connectivity index (χ1) is 9.45. The smallest absolute Gasteiger partial charge is 0.330 e. The number of unbranched alkanes of at least 4 members (excludes halogenated alkanes) is 1. The molecule has 0 aromatic rings. The van der Waals surface area contributed by atoms with Crippen molar-refractivity contribution in [1.82, 2.24) is 0 Å². The first-order valence-corrected chi connectivity index (χ1v) is 7.88. The first-order valence-electron chi connectivity index (χ1n) is 7.88. The van der Waals surface area contributed by atoms with E-state index in [4.69, 9.17) is 0 Å². The highest BCUT2D eigenvalue weighted by Gasteiger charge is 2.01. The highest BCUT2D eigenvalue weighted by Crippen LogP contribution is 2.17. The van der Waals surface area contributed by atoms with Gasteiger partial charge in [-0.2, -0.15) is 0 Å². The number of rotatable bonds is 10. The Morgan fingerprint density at radius 1 is 1.10 bits per heavy atom. The predicted octanol–water partition coefficient (Wildman–Crippen LogP) is 5.29. The van der Waals surface area contributed by atoms with Crippen molar-refractivity contribution in [1.29, 1.82) is 0 Å². The topological polar surface area (TPSA) is 26.3 Å². The molecule has 0 N–H and O–H groups in total. The molecule has 0 heterocycles. The monoisotopic (exact) mass is 280 g/mol. The summed E-state index contributed by atoms with van der Waals surface area (Å²) in [5, 5.41) is 0. The van der Waals surface area contributed by atoms with Crippen molar-refractivity contribution in [3.63, 3.8) is 0 Å². The van der Waals surface area contributed by atoms with Crippen LogP contribution in [0.5, 0.6) is 0 Å². The average Bonchev–Trinajstić information content (AvgIpc) is 2.39. The fourth-order valence-corrected chi connectivity index (χ4v) is 2.13. The maximum absolute atomic E-state index is 11.0. The summed E-state index contributed by atoms with van der Waals surface area (Å²) in [4.78, 5) is 11.0. The third-order valence-electron chi connectivity index (χ3n) is 3.48. The molecule has 2 nitrogen and oxygen atoms in total. The minimum atomic E-state index is -0.286. The van der Waals surface area contributed by atoms with E-state index in [1.54, 1.807) is 0 Å². The van der Waals surface area contributed by atoms with Gasteiger partial charge in [0, 0.05) is 6.08 Å². The van der Waals surface area contributed by atoms with Crippen molar-refractivity contribution >= 4 is 5.97 Å². The lowest BCUT2D eigenvalue weighted by molar-refractivity contribution is -0.134. The first kappa shape index (κ1) is 18.9. The number of hydrogen-bond donors (Lipinski definition) is 0. The second kappa shape index (κ2) is 11.7. The van der Waals surface area contributed by atoms with Crippen LogP contribution < -0.4 is 0 Å². The van der Waals surface area contributed by atoms with E-state index in [-0.39, 0.29) is 5.97 Å². The highest BCUT2D eigenvalue weighted by atomic mass is 16.5. The molecular formula is C18H32O2. The van der Waals surface area contributed by atoms with Gasteiger partial charge in [0.25, 0.3) is 0 Å². The zero-order valence-corrected chi connectivity index (χ0v) is 13.9. The van der Waals surface area contributed by atoms with Gasteiger partial charge in [0.05, 0.1) is 7.11 Å². The van der Waals surface area contributed by atoms with E-state index in [1.165, 1.54) is 45.3 Å². The van der Waals surface area contributed by atoms with Gasteiger partial charge in [-0.25, -0.2) is 4.79 Å². The molecule has 1 atom stereocenters. The van der Waals surface area contributed by atoms with Gasteiger partial charge in [-0.15, -0.1) is 0 Å². The van der Waals surface area contributed by atoms with Crippen LogP contribution in [0.15, 0.2) is 23.8 Å². The Morgan fingerprint density at radius 3 is 2.35 bits per heavy atom. The standard InChI is InChI=1S/C18H32O2/c1-15(2)10-6-7-11-16(3)12-8-9-13-17(4)14-18(19)20-5/h9,13-16H,6-8,10-12H2,1-5H3. The molecule has 0 rings (SSSR count). The molecule has 0 amide bonds. The van der Waals surface area contributed by atoms with Gasteiger partial charge >= 0.3 is 5.97 Å². The van der Waals surface area contributed by atoms with Gasteiger partial charge in [-0.05, 0) is 37.2 Å². The van der Waals surface area contributed by atoms with Crippen LogP contribution in [-0.2, 0) is 9.53 Å². The lowest BCUT2D eigenvalue weighted by Crippen LogP contribution is -1.96. The van der Waals surface area contributed by atoms with Crippen molar-refractivity contribution in [2.75, 3.05) is 7.11 Å². The summed E-state index contributed by atoms with van der Waals surface area (Å²) in [6, 6.07) is 0. The minimum absolute atomic E-state index is 0.286. The zero-order valence-electron chi connectivity index (χ0n) is 13.9. The number of ether oxygens (including phenoxy) is 1. The van der Waals surface area contributed by atoms with Crippen LogP contribution in [0.1, 0.15) is 66.2 Å². The second-order valence-electron chi connectivity index (χ2n) is 6.17. The average molecular weight is 280 g/mol. The van der Waals surface area contributed by atoms with Crippen LogP contribution in [0.4, 0.5) is 0 Å². The van der Waals surface area contributed by atoms with Crippen LogP contribution in [0.3, 0.4) is 0 Å². The van der Waals surface area contributed by atoms with Crippen molar-refractivity contribution in [2.45, 2.75) is 66.2 Å². The van der Waals surface area contributed by atoms with Gasteiger partial charge in [0.2, 0.25) is 0 Å². The van der Waals surface area contributed by atoms with E-state index in [2.05, 4.69) is 31.6 Å². The number of carbonyl (C=O) groups is 1. The van der Waals surface area contributed by atoms with Gasteiger partial charge in [-0.1, -0.05) is 58.6 Å². The van der Waals surface area contributed by atoms with Crippen molar-refractivity contribution in [3.8, 4) is 0 Å². The van der Waals surface area contributed by atoms with Crippen molar-refractivity contribution < 1.29 is 9.53 Å². The molecule has 116 valence electrons. The maximum Gasteiger partial charge on any atom is 0.330 e. The number of methoxy groups -OCH3 is 1. The summed E-state index contributed by atoms with van der Waals surface area (Å²) < 4.78 is 4.59. The largest absolute Gasteiger partial charge is 0.466 e. The quantitative estimate of drug-likeness (QED) is 0.235. The molecule has 1 unspecified atom stereocenters. The Balaban J connectivity index is 3.72. The Hall–Kier alpha value is -1.05. The van der Waals surface area contributed by atoms with E-state index in [1.807, 2.05) is 13.0 Å². The Morgan fingerprint density at radius 2 is 1.75 bits per heavy atom. The van der Waals surface area contributed by atoms with Gasteiger partial charge in [-0.3, -0.25) is 0 Å². The summed E-state index contributed by atoms with van der Waals surface area (Å²) >= 11 is 0. The number of carbonyl (C=O) groups excluding carboxylic acids is 1. The second-order valence-corrected chi connectivity index (χ2v) is 6.17. The van der Waals surface area contributed by atoms with Crippen LogP contribution in [0.2, 0.25) is 0 Å². The molecule has 2 heteroatoms. The molecule has 0 spiro atoms. The summed E-state index contributed by atoms with van der Waals surface area (Å²) in [6.07, 6.45) is 13.4. The molecule has 0 aromatic heterocycles. The van der Waals surface area contributed by atoms with E-state index in [0.717, 1.165) is 23.8 Å². The lowest BCUT2D eigenvalue weighted by atomic mass is 9.96. The predicted molar refractivity (Wildman–Crippen MR) is 86.6 cm³/mol. The van der Waals surface area contributed by atoms with E-state index < -0.39 is 0 Å². The van der Waals surface area contributed by atoms with E-state index in [0.29, 0.717) is 0 Å². The molecule has 0 aliphatic carbocycles. The molecule has 0 aromatic carbocycles. The summed E-state index contributed by atoms with van der Waals surface area (Å²) in [5.41, 5.74) is 0.946. The molecule has 0 saturated carbocycles. The Bertz CT molecular complexity index is 313. The van der Waals surface area contributed by atoms with Crippen LogP contribution in [-0.4, -0.2) is 13.1 Å². The molecule has 0 aliphatic heterocycles. The van der Waals surface area contributed by atoms with E-state index >= 15 is 0 Å². The molecule has 20 heavy (non-hydrogen) atoms. The van der Waals surface area contributed by atoms with Crippen LogP contribution in [0.25, 0.3) is 0 Å².